The number of hydrogen-bond donors (Lipinski definition) is 1. The number of ether oxygens (including phenoxy) is 2. The Labute approximate surface area is 149 Å². The van der Waals surface area contributed by atoms with Gasteiger partial charge >= 0.3 is 11.6 Å². The van der Waals surface area contributed by atoms with Crippen LogP contribution in [0, 0.1) is 0 Å². The number of rotatable bonds is 5. The van der Waals surface area contributed by atoms with E-state index in [2.05, 4.69) is 0 Å². The van der Waals surface area contributed by atoms with Crippen molar-refractivity contribution in [1.29, 1.82) is 0 Å². The zero-order valence-corrected chi connectivity index (χ0v) is 14.4. The molecule has 0 saturated carbocycles. The first kappa shape index (κ1) is 17.5. The molecule has 1 N–H and O–H groups in total. The number of fused-ring (bicyclic) bond motifs is 1. The molecule has 26 heavy (non-hydrogen) atoms. The second-order valence-corrected chi connectivity index (χ2v) is 5.75. The molecule has 0 aliphatic heterocycles. The van der Waals surface area contributed by atoms with Crippen molar-refractivity contribution in [3.63, 3.8) is 0 Å². The van der Waals surface area contributed by atoms with Crippen LogP contribution in [0.1, 0.15) is 23.5 Å². The maximum absolute atomic E-state index is 12.6. The van der Waals surface area contributed by atoms with Crippen molar-refractivity contribution >= 4 is 16.9 Å². The average molecular weight is 354 g/mol. The first-order valence-electron chi connectivity index (χ1n) is 8.00. The van der Waals surface area contributed by atoms with Crippen LogP contribution in [-0.4, -0.2) is 25.3 Å². The SMILES string of the molecule is COC(=O)C[C@H](c1ccc(OC)cc1)c1c(O)c2ccccc2oc1=O. The van der Waals surface area contributed by atoms with Crippen molar-refractivity contribution in [1.82, 2.24) is 0 Å². The number of carbonyl (C=O) groups excluding carboxylic acids is 1. The third-order valence-corrected chi connectivity index (χ3v) is 4.28. The number of hydrogen-bond acceptors (Lipinski definition) is 6. The number of benzene rings is 2. The van der Waals surface area contributed by atoms with E-state index in [0.717, 1.165) is 0 Å². The van der Waals surface area contributed by atoms with Gasteiger partial charge in [0.15, 0.2) is 0 Å². The smallest absolute Gasteiger partial charge is 0.343 e. The van der Waals surface area contributed by atoms with Crippen molar-refractivity contribution in [3.05, 3.63) is 70.1 Å². The molecule has 6 heteroatoms. The van der Waals surface area contributed by atoms with E-state index in [4.69, 9.17) is 13.9 Å². The summed E-state index contributed by atoms with van der Waals surface area (Å²) in [6.07, 6.45) is -0.112. The molecular weight excluding hydrogens is 336 g/mol. The Morgan fingerprint density at radius 2 is 1.81 bits per heavy atom. The molecule has 0 unspecified atom stereocenters. The molecule has 3 aromatic rings. The van der Waals surface area contributed by atoms with Gasteiger partial charge < -0.3 is 19.0 Å². The Hall–Kier alpha value is -3.28. The Bertz CT molecular complexity index is 987. The summed E-state index contributed by atoms with van der Waals surface area (Å²) in [5.74, 6) is -0.770. The van der Waals surface area contributed by atoms with Crippen LogP contribution < -0.4 is 10.4 Å². The van der Waals surface area contributed by atoms with Gasteiger partial charge in [-0.25, -0.2) is 4.79 Å². The van der Waals surface area contributed by atoms with Crippen LogP contribution in [0.15, 0.2) is 57.7 Å². The van der Waals surface area contributed by atoms with Gasteiger partial charge in [-0.1, -0.05) is 24.3 Å². The van der Waals surface area contributed by atoms with E-state index >= 15 is 0 Å². The molecule has 1 aromatic heterocycles. The third-order valence-electron chi connectivity index (χ3n) is 4.28. The fourth-order valence-corrected chi connectivity index (χ4v) is 2.93. The van der Waals surface area contributed by atoms with Crippen molar-refractivity contribution in [3.8, 4) is 11.5 Å². The van der Waals surface area contributed by atoms with Crippen LogP contribution in [0.3, 0.4) is 0 Å². The van der Waals surface area contributed by atoms with E-state index in [0.29, 0.717) is 16.7 Å². The monoisotopic (exact) mass is 354 g/mol. The number of carbonyl (C=O) groups is 1. The number of para-hydroxylation sites is 1. The van der Waals surface area contributed by atoms with E-state index in [1.165, 1.54) is 7.11 Å². The Morgan fingerprint density at radius 3 is 2.46 bits per heavy atom. The maximum atomic E-state index is 12.6. The molecule has 0 fully saturated rings. The van der Waals surface area contributed by atoms with E-state index in [-0.39, 0.29) is 23.3 Å². The van der Waals surface area contributed by atoms with E-state index in [9.17, 15) is 14.7 Å². The van der Waals surface area contributed by atoms with Gasteiger partial charge in [0, 0.05) is 5.92 Å². The quantitative estimate of drug-likeness (QED) is 0.559. The minimum absolute atomic E-state index is 0.0271. The predicted octanol–water partition coefficient (Wildman–Crippen LogP) is 3.20. The van der Waals surface area contributed by atoms with Crippen molar-refractivity contribution < 1.29 is 23.8 Å². The van der Waals surface area contributed by atoms with E-state index in [1.807, 2.05) is 0 Å². The molecule has 1 atom stereocenters. The summed E-state index contributed by atoms with van der Waals surface area (Å²) in [5, 5.41) is 11.1. The zero-order valence-electron chi connectivity index (χ0n) is 14.4. The fourth-order valence-electron chi connectivity index (χ4n) is 2.93. The van der Waals surface area contributed by atoms with Crippen LogP contribution in [0.4, 0.5) is 0 Å². The summed E-state index contributed by atoms with van der Waals surface area (Å²) in [5.41, 5.74) is 0.282. The van der Waals surface area contributed by atoms with Crippen molar-refractivity contribution in [2.24, 2.45) is 0 Å². The molecule has 1 heterocycles. The maximum Gasteiger partial charge on any atom is 0.343 e. The van der Waals surface area contributed by atoms with Crippen LogP contribution in [0.2, 0.25) is 0 Å². The molecule has 0 amide bonds. The second kappa shape index (κ2) is 7.31. The first-order valence-corrected chi connectivity index (χ1v) is 8.00. The Kier molecular flexibility index (Phi) is 4.93. The lowest BCUT2D eigenvalue weighted by Crippen LogP contribution is -2.18. The molecule has 2 aromatic carbocycles. The minimum Gasteiger partial charge on any atom is -0.507 e. The molecule has 3 rings (SSSR count). The topological polar surface area (TPSA) is 86.0 Å². The van der Waals surface area contributed by atoms with Gasteiger partial charge in [0.2, 0.25) is 0 Å². The number of methoxy groups -OCH3 is 2. The molecular formula is C20H18O6. The summed E-state index contributed by atoms with van der Waals surface area (Å²) in [7, 11) is 2.82. The Morgan fingerprint density at radius 1 is 1.12 bits per heavy atom. The molecule has 0 saturated heterocycles. The summed E-state index contributed by atoms with van der Waals surface area (Å²) in [6.45, 7) is 0. The molecule has 0 bridgehead atoms. The highest BCUT2D eigenvalue weighted by molar-refractivity contribution is 5.84. The standard InChI is InChI=1S/C20H18O6/c1-24-13-9-7-12(8-10-13)15(11-17(21)25-2)18-19(22)14-5-3-4-6-16(14)26-20(18)23/h3-10,15,22H,11H2,1-2H3/t15-/m1/s1. The highest BCUT2D eigenvalue weighted by atomic mass is 16.5. The lowest BCUT2D eigenvalue weighted by atomic mass is 9.88. The molecule has 134 valence electrons. The second-order valence-electron chi connectivity index (χ2n) is 5.75. The van der Waals surface area contributed by atoms with E-state index < -0.39 is 17.5 Å². The van der Waals surface area contributed by atoms with Gasteiger partial charge in [0.25, 0.3) is 0 Å². The van der Waals surface area contributed by atoms with Crippen LogP contribution in [-0.2, 0) is 9.53 Å². The van der Waals surface area contributed by atoms with Gasteiger partial charge in [-0.2, -0.15) is 0 Å². The van der Waals surface area contributed by atoms with Gasteiger partial charge in [-0.15, -0.1) is 0 Å². The van der Waals surface area contributed by atoms with Crippen molar-refractivity contribution in [2.75, 3.05) is 14.2 Å². The largest absolute Gasteiger partial charge is 0.507 e. The summed E-state index contributed by atoms with van der Waals surface area (Å²) >= 11 is 0. The zero-order chi connectivity index (χ0) is 18.7. The molecule has 0 radical (unpaired) electrons. The third kappa shape index (κ3) is 3.26. The van der Waals surface area contributed by atoms with Crippen molar-refractivity contribution in [2.45, 2.75) is 12.3 Å². The summed E-state index contributed by atoms with van der Waals surface area (Å²) in [4.78, 5) is 24.5. The number of esters is 1. The lowest BCUT2D eigenvalue weighted by Gasteiger charge is -2.18. The summed E-state index contributed by atoms with van der Waals surface area (Å²) < 4.78 is 15.2. The molecule has 0 spiro atoms. The van der Waals surface area contributed by atoms with Gasteiger partial charge in [0.1, 0.15) is 17.1 Å². The number of aromatic hydroxyl groups is 1. The van der Waals surface area contributed by atoms with Crippen LogP contribution in [0.25, 0.3) is 11.0 Å². The first-order chi connectivity index (χ1) is 12.5. The molecule has 0 aliphatic rings. The van der Waals surface area contributed by atoms with Crippen LogP contribution >= 0.6 is 0 Å². The van der Waals surface area contributed by atoms with Gasteiger partial charge in [-0.05, 0) is 29.8 Å². The highest BCUT2D eigenvalue weighted by Gasteiger charge is 2.27. The molecule has 6 nitrogen and oxygen atoms in total. The normalized spacial score (nSPS) is 11.9. The van der Waals surface area contributed by atoms with E-state index in [1.54, 1.807) is 55.6 Å². The van der Waals surface area contributed by atoms with Gasteiger partial charge in [0.05, 0.1) is 31.6 Å². The van der Waals surface area contributed by atoms with Crippen LogP contribution in [0.5, 0.6) is 11.5 Å². The molecule has 0 aliphatic carbocycles. The average Bonchev–Trinajstić information content (AvgIpc) is 2.67. The predicted molar refractivity (Wildman–Crippen MR) is 95.6 cm³/mol. The lowest BCUT2D eigenvalue weighted by molar-refractivity contribution is -0.140. The Balaban J connectivity index is 2.19. The summed E-state index contributed by atoms with van der Waals surface area (Å²) in [6, 6.07) is 13.6. The fraction of sp³-hybridized carbons (Fsp3) is 0.200. The highest BCUT2D eigenvalue weighted by Crippen LogP contribution is 2.36. The minimum atomic E-state index is -0.714. The van der Waals surface area contributed by atoms with Gasteiger partial charge in [-0.3, -0.25) is 4.79 Å².